The summed E-state index contributed by atoms with van der Waals surface area (Å²) in [4.78, 5) is 0. The van der Waals surface area contributed by atoms with Crippen molar-refractivity contribution < 1.29 is 79.9 Å². The number of aliphatic hydroxyl groups excluding tert-OH is 11. The van der Waals surface area contributed by atoms with Gasteiger partial charge in [-0.1, -0.05) is 0 Å². The monoisotopic (exact) mass is 504 g/mol. The van der Waals surface area contributed by atoms with Gasteiger partial charge in [0.2, 0.25) is 11.6 Å². The van der Waals surface area contributed by atoms with E-state index < -0.39 is 112 Å². The van der Waals surface area contributed by atoms with E-state index in [2.05, 4.69) is 0 Å². The van der Waals surface area contributed by atoms with E-state index in [1.807, 2.05) is 0 Å². The maximum absolute atomic E-state index is 10.7. The second kappa shape index (κ2) is 10.8. The fourth-order valence-electron chi connectivity index (χ4n) is 4.14. The van der Waals surface area contributed by atoms with Crippen LogP contribution in [0, 0.1) is 0 Å². The molecule has 11 N–H and O–H groups in total. The lowest BCUT2D eigenvalue weighted by molar-refractivity contribution is -0.399. The standard InChI is InChI=1S/C18H32O16/c19-1-6-9(23)12(26)13(27)16(31-6)34-18(15(29)11(25)8(3-21)33-18)5-30-17(4-22)14(28)10(24)7(2-20)32-17/h6-16,19-29H,1-5H2/t6?,7-,8-,9-,10?,11?,12-,13?,14-,15-,16-,17-,18+/m1/s1. The Morgan fingerprint density at radius 3 is 1.56 bits per heavy atom. The van der Waals surface area contributed by atoms with E-state index in [-0.39, 0.29) is 0 Å². The van der Waals surface area contributed by atoms with E-state index in [4.69, 9.17) is 23.7 Å². The summed E-state index contributed by atoms with van der Waals surface area (Å²) in [5.74, 6) is -4.84. The fraction of sp³-hybridized carbons (Fsp3) is 1.00. The van der Waals surface area contributed by atoms with Gasteiger partial charge in [0, 0.05) is 0 Å². The first kappa shape index (κ1) is 27.9. The van der Waals surface area contributed by atoms with Crippen molar-refractivity contribution >= 4 is 0 Å². The van der Waals surface area contributed by atoms with Crippen LogP contribution in [0.4, 0.5) is 0 Å². The van der Waals surface area contributed by atoms with Crippen LogP contribution < -0.4 is 0 Å². The Morgan fingerprint density at radius 2 is 1.09 bits per heavy atom. The molecule has 3 aliphatic rings. The molecular weight excluding hydrogens is 472 g/mol. The molecule has 3 heterocycles. The normalized spacial score (nSPS) is 51.8. The zero-order valence-electron chi connectivity index (χ0n) is 17.8. The van der Waals surface area contributed by atoms with Gasteiger partial charge in [-0.2, -0.15) is 0 Å². The molecule has 0 bridgehead atoms. The Labute approximate surface area is 192 Å². The summed E-state index contributed by atoms with van der Waals surface area (Å²) in [5, 5.41) is 109. The number of rotatable bonds is 9. The van der Waals surface area contributed by atoms with Gasteiger partial charge in [0.15, 0.2) is 6.29 Å². The Hall–Kier alpha value is -0.640. The zero-order chi connectivity index (χ0) is 25.4. The van der Waals surface area contributed by atoms with Gasteiger partial charge in [-0.25, -0.2) is 0 Å². The summed E-state index contributed by atoms with van der Waals surface area (Å²) in [7, 11) is 0. The Kier molecular flexibility index (Phi) is 8.85. The van der Waals surface area contributed by atoms with Crippen LogP contribution in [0.1, 0.15) is 0 Å². The predicted molar refractivity (Wildman–Crippen MR) is 101 cm³/mol. The zero-order valence-corrected chi connectivity index (χ0v) is 17.8. The molecule has 0 radical (unpaired) electrons. The van der Waals surface area contributed by atoms with Gasteiger partial charge in [-0.15, -0.1) is 0 Å². The average molecular weight is 504 g/mol. The predicted octanol–water partition coefficient (Wildman–Crippen LogP) is -7.57. The molecule has 3 aliphatic heterocycles. The first-order valence-electron chi connectivity index (χ1n) is 10.5. The van der Waals surface area contributed by atoms with Crippen LogP contribution in [0.5, 0.6) is 0 Å². The minimum Gasteiger partial charge on any atom is -0.394 e. The second-order valence-electron chi connectivity index (χ2n) is 8.43. The fourth-order valence-corrected chi connectivity index (χ4v) is 4.14. The first-order chi connectivity index (χ1) is 16.0. The molecule has 3 fully saturated rings. The van der Waals surface area contributed by atoms with E-state index in [0.717, 1.165) is 0 Å². The van der Waals surface area contributed by atoms with Gasteiger partial charge in [-0.05, 0) is 0 Å². The molecular formula is C18H32O16. The Bertz CT molecular complexity index is 668. The molecule has 34 heavy (non-hydrogen) atoms. The molecule has 0 aromatic carbocycles. The van der Waals surface area contributed by atoms with Crippen molar-refractivity contribution in [3.8, 4) is 0 Å². The third kappa shape index (κ3) is 4.71. The molecule has 0 amide bonds. The van der Waals surface area contributed by atoms with E-state index in [0.29, 0.717) is 0 Å². The summed E-state index contributed by atoms with van der Waals surface area (Å²) < 4.78 is 26.9. The van der Waals surface area contributed by atoms with E-state index >= 15 is 0 Å². The lowest BCUT2D eigenvalue weighted by atomic mass is 9.99. The van der Waals surface area contributed by atoms with Gasteiger partial charge < -0.3 is 79.9 Å². The molecule has 0 aromatic rings. The van der Waals surface area contributed by atoms with Crippen LogP contribution >= 0.6 is 0 Å². The van der Waals surface area contributed by atoms with Crippen LogP contribution in [0.15, 0.2) is 0 Å². The molecule has 16 nitrogen and oxygen atoms in total. The maximum Gasteiger partial charge on any atom is 0.224 e. The molecule has 0 aliphatic carbocycles. The van der Waals surface area contributed by atoms with Crippen molar-refractivity contribution in [1.29, 1.82) is 0 Å². The second-order valence-corrected chi connectivity index (χ2v) is 8.43. The molecule has 200 valence electrons. The van der Waals surface area contributed by atoms with E-state index in [9.17, 15) is 56.2 Å². The van der Waals surface area contributed by atoms with E-state index in [1.54, 1.807) is 0 Å². The van der Waals surface area contributed by atoms with Crippen molar-refractivity contribution in [3.63, 3.8) is 0 Å². The summed E-state index contributed by atoms with van der Waals surface area (Å²) in [6, 6.07) is 0. The van der Waals surface area contributed by atoms with Crippen molar-refractivity contribution in [2.75, 3.05) is 33.0 Å². The minimum absolute atomic E-state index is 0.750. The van der Waals surface area contributed by atoms with E-state index in [1.165, 1.54) is 0 Å². The summed E-state index contributed by atoms with van der Waals surface area (Å²) in [6.07, 6.45) is -19.0. The number of hydrogen-bond acceptors (Lipinski definition) is 16. The number of hydrogen-bond donors (Lipinski definition) is 11. The lowest BCUT2D eigenvalue weighted by Gasteiger charge is -2.44. The van der Waals surface area contributed by atoms with Gasteiger partial charge in [-0.3, -0.25) is 0 Å². The third-order valence-electron chi connectivity index (χ3n) is 6.27. The molecule has 3 saturated heterocycles. The van der Waals surface area contributed by atoms with Crippen molar-refractivity contribution in [2.45, 2.75) is 78.9 Å². The first-order valence-corrected chi connectivity index (χ1v) is 10.5. The highest BCUT2D eigenvalue weighted by Crippen LogP contribution is 2.39. The third-order valence-corrected chi connectivity index (χ3v) is 6.27. The SMILES string of the molecule is OCC1O[C@H](O[C@]2(CO[C@]3(CO)O[C@H](CO)C(O)[C@H]3O)O[C@H](CO)C(O)[C@H]2O)C(O)[C@H](O)[C@@H]1O. The highest BCUT2D eigenvalue weighted by Gasteiger charge is 2.62. The Morgan fingerprint density at radius 1 is 0.588 bits per heavy atom. The number of aliphatic hydroxyl groups is 11. The summed E-state index contributed by atoms with van der Waals surface area (Å²) in [5.41, 5.74) is 0. The molecule has 4 unspecified atom stereocenters. The van der Waals surface area contributed by atoms with Gasteiger partial charge >= 0.3 is 0 Å². The van der Waals surface area contributed by atoms with Gasteiger partial charge in [0.1, 0.15) is 74.3 Å². The maximum atomic E-state index is 10.7. The molecule has 0 spiro atoms. The smallest absolute Gasteiger partial charge is 0.224 e. The quantitative estimate of drug-likeness (QED) is 0.139. The highest BCUT2D eigenvalue weighted by molar-refractivity contribution is 5.01. The molecule has 3 rings (SSSR count). The van der Waals surface area contributed by atoms with Crippen LogP contribution in [0.3, 0.4) is 0 Å². The topological polar surface area (TPSA) is 269 Å². The molecule has 0 aromatic heterocycles. The Balaban J connectivity index is 1.87. The average Bonchev–Trinajstić information content (AvgIpc) is 3.23. The highest BCUT2D eigenvalue weighted by atomic mass is 16.8. The van der Waals surface area contributed by atoms with Crippen LogP contribution in [-0.4, -0.2) is 168 Å². The van der Waals surface area contributed by atoms with Gasteiger partial charge in [0.05, 0.1) is 19.8 Å². The lowest BCUT2D eigenvalue weighted by Crippen LogP contribution is -2.63. The van der Waals surface area contributed by atoms with Crippen molar-refractivity contribution in [3.05, 3.63) is 0 Å². The van der Waals surface area contributed by atoms with Crippen LogP contribution in [0.25, 0.3) is 0 Å². The molecule has 13 atom stereocenters. The molecule has 0 saturated carbocycles. The summed E-state index contributed by atoms with van der Waals surface area (Å²) in [6.45, 7) is -4.40. The summed E-state index contributed by atoms with van der Waals surface area (Å²) >= 11 is 0. The van der Waals surface area contributed by atoms with Gasteiger partial charge in [0.25, 0.3) is 0 Å². The number of ether oxygens (including phenoxy) is 5. The van der Waals surface area contributed by atoms with Crippen molar-refractivity contribution in [2.24, 2.45) is 0 Å². The minimum atomic E-state index is -2.49. The van der Waals surface area contributed by atoms with Crippen LogP contribution in [0.2, 0.25) is 0 Å². The van der Waals surface area contributed by atoms with Crippen LogP contribution in [-0.2, 0) is 23.7 Å². The molecule has 16 heteroatoms. The largest absolute Gasteiger partial charge is 0.394 e. The van der Waals surface area contributed by atoms with Crippen molar-refractivity contribution in [1.82, 2.24) is 0 Å².